The van der Waals surface area contributed by atoms with Crippen LogP contribution in [0.2, 0.25) is 0 Å². The zero-order valence-corrected chi connectivity index (χ0v) is 11.1. The van der Waals surface area contributed by atoms with E-state index in [0.29, 0.717) is 12.6 Å². The van der Waals surface area contributed by atoms with Gasteiger partial charge in [0.1, 0.15) is 0 Å². The Morgan fingerprint density at radius 3 is 2.94 bits per heavy atom. The second kappa shape index (κ2) is 6.00. The maximum Gasteiger partial charge on any atom is 0.236 e. The Labute approximate surface area is 108 Å². The zero-order valence-electron chi connectivity index (χ0n) is 11.1. The normalized spacial score (nSPS) is 17.9. The third-order valence-corrected chi connectivity index (χ3v) is 3.59. The fraction of sp³-hybridized carbons (Fsp3) is 0.692. The van der Waals surface area contributed by atoms with E-state index in [-0.39, 0.29) is 11.9 Å². The first-order chi connectivity index (χ1) is 8.70. The van der Waals surface area contributed by atoms with Crippen LogP contribution < -0.4 is 10.6 Å². The van der Waals surface area contributed by atoms with Crippen molar-refractivity contribution in [3.8, 4) is 0 Å². The molecule has 18 heavy (non-hydrogen) atoms. The van der Waals surface area contributed by atoms with Gasteiger partial charge in [0.2, 0.25) is 5.91 Å². The van der Waals surface area contributed by atoms with Crippen molar-refractivity contribution in [2.45, 2.75) is 51.2 Å². The predicted octanol–water partition coefficient (Wildman–Crippen LogP) is 1.22. The fourth-order valence-electron chi connectivity index (χ4n) is 2.41. The monoisotopic (exact) mass is 250 g/mol. The number of nitrogens with zero attached hydrogens (tertiary/aromatic N) is 2. The van der Waals surface area contributed by atoms with Gasteiger partial charge in [0.25, 0.3) is 0 Å². The van der Waals surface area contributed by atoms with Crippen molar-refractivity contribution in [3.63, 3.8) is 0 Å². The van der Waals surface area contributed by atoms with Gasteiger partial charge in [0, 0.05) is 19.8 Å². The van der Waals surface area contributed by atoms with Gasteiger partial charge in [-0.3, -0.25) is 9.48 Å². The standard InChI is InChI=1S/C13H22N4O/c1-10(13(18)14-2)15-9-11-7-8-17(16-11)12-5-3-4-6-12/h7-8,10,12,15H,3-6,9H2,1-2H3,(H,14,18). The first-order valence-corrected chi connectivity index (χ1v) is 6.69. The average molecular weight is 250 g/mol. The number of hydrogen-bond acceptors (Lipinski definition) is 3. The third kappa shape index (κ3) is 3.10. The quantitative estimate of drug-likeness (QED) is 0.826. The number of carbonyl (C=O) groups excluding carboxylic acids is 1. The van der Waals surface area contributed by atoms with Crippen LogP contribution in [0.1, 0.15) is 44.3 Å². The molecule has 100 valence electrons. The highest BCUT2D eigenvalue weighted by Gasteiger charge is 2.17. The highest BCUT2D eigenvalue weighted by atomic mass is 16.2. The minimum atomic E-state index is -0.188. The number of aromatic nitrogens is 2. The fourth-order valence-corrected chi connectivity index (χ4v) is 2.41. The van der Waals surface area contributed by atoms with Gasteiger partial charge in [-0.1, -0.05) is 12.8 Å². The summed E-state index contributed by atoms with van der Waals surface area (Å²) >= 11 is 0. The number of hydrogen-bond donors (Lipinski definition) is 2. The molecule has 1 atom stereocenters. The summed E-state index contributed by atoms with van der Waals surface area (Å²) in [5.74, 6) is 0.00484. The van der Waals surface area contributed by atoms with E-state index in [4.69, 9.17) is 0 Å². The topological polar surface area (TPSA) is 59.0 Å². The van der Waals surface area contributed by atoms with E-state index in [1.165, 1.54) is 25.7 Å². The Morgan fingerprint density at radius 2 is 2.28 bits per heavy atom. The first kappa shape index (κ1) is 13.1. The summed E-state index contributed by atoms with van der Waals surface area (Å²) in [4.78, 5) is 11.3. The number of rotatable bonds is 5. The van der Waals surface area contributed by atoms with E-state index in [2.05, 4.69) is 26.6 Å². The number of amides is 1. The van der Waals surface area contributed by atoms with Crippen LogP contribution in [0.3, 0.4) is 0 Å². The SMILES string of the molecule is CNC(=O)C(C)NCc1ccn(C2CCCC2)n1. The minimum Gasteiger partial charge on any atom is -0.358 e. The number of carbonyl (C=O) groups is 1. The maximum absolute atomic E-state index is 11.3. The molecule has 2 rings (SSSR count). The summed E-state index contributed by atoms with van der Waals surface area (Å²) < 4.78 is 2.08. The Morgan fingerprint density at radius 1 is 1.56 bits per heavy atom. The molecule has 1 fully saturated rings. The van der Waals surface area contributed by atoms with E-state index >= 15 is 0 Å². The molecule has 1 saturated carbocycles. The summed E-state index contributed by atoms with van der Waals surface area (Å²) in [6.07, 6.45) is 7.15. The molecular formula is C13H22N4O. The van der Waals surface area contributed by atoms with Crippen molar-refractivity contribution in [3.05, 3.63) is 18.0 Å². The molecule has 1 aromatic rings. The molecule has 0 aromatic carbocycles. The van der Waals surface area contributed by atoms with Gasteiger partial charge in [-0.2, -0.15) is 5.10 Å². The van der Waals surface area contributed by atoms with Crippen molar-refractivity contribution >= 4 is 5.91 Å². The Kier molecular flexibility index (Phi) is 4.36. The summed E-state index contributed by atoms with van der Waals surface area (Å²) in [6, 6.07) is 2.42. The van der Waals surface area contributed by atoms with Gasteiger partial charge in [-0.15, -0.1) is 0 Å². The Balaban J connectivity index is 1.85. The molecule has 2 N–H and O–H groups in total. The molecule has 1 aromatic heterocycles. The summed E-state index contributed by atoms with van der Waals surface area (Å²) in [7, 11) is 1.65. The number of nitrogens with one attached hydrogen (secondary N) is 2. The van der Waals surface area contributed by atoms with Crippen LogP contribution in [-0.4, -0.2) is 28.8 Å². The van der Waals surface area contributed by atoms with Crippen molar-refractivity contribution in [2.75, 3.05) is 7.05 Å². The lowest BCUT2D eigenvalue weighted by molar-refractivity contribution is -0.122. The van der Waals surface area contributed by atoms with Gasteiger partial charge in [0.15, 0.2) is 0 Å². The van der Waals surface area contributed by atoms with Crippen LogP contribution in [0.4, 0.5) is 0 Å². The average Bonchev–Trinajstić information content (AvgIpc) is 3.04. The molecule has 1 aliphatic rings. The van der Waals surface area contributed by atoms with Crippen molar-refractivity contribution in [2.24, 2.45) is 0 Å². The summed E-state index contributed by atoms with van der Waals surface area (Å²) in [6.45, 7) is 2.49. The minimum absolute atomic E-state index is 0.00484. The van der Waals surface area contributed by atoms with Crippen LogP contribution in [0, 0.1) is 0 Å². The van der Waals surface area contributed by atoms with E-state index in [0.717, 1.165) is 5.69 Å². The smallest absolute Gasteiger partial charge is 0.236 e. The molecule has 0 spiro atoms. The molecule has 0 saturated heterocycles. The largest absolute Gasteiger partial charge is 0.358 e. The third-order valence-electron chi connectivity index (χ3n) is 3.59. The van der Waals surface area contributed by atoms with Crippen LogP contribution in [0.5, 0.6) is 0 Å². The highest BCUT2D eigenvalue weighted by molar-refractivity contribution is 5.80. The molecule has 1 heterocycles. The zero-order chi connectivity index (χ0) is 13.0. The van der Waals surface area contributed by atoms with E-state index in [9.17, 15) is 4.79 Å². The summed E-state index contributed by atoms with van der Waals surface area (Å²) in [5, 5.41) is 10.4. The molecular weight excluding hydrogens is 228 g/mol. The van der Waals surface area contributed by atoms with Crippen LogP contribution in [-0.2, 0) is 11.3 Å². The van der Waals surface area contributed by atoms with Crippen molar-refractivity contribution < 1.29 is 4.79 Å². The lowest BCUT2D eigenvalue weighted by atomic mass is 10.3. The van der Waals surface area contributed by atoms with E-state index in [1.807, 2.05) is 13.0 Å². The molecule has 0 aliphatic heterocycles. The molecule has 5 heteroatoms. The molecule has 1 aliphatic carbocycles. The Bertz CT molecular complexity index is 395. The lowest BCUT2D eigenvalue weighted by Gasteiger charge is -2.11. The van der Waals surface area contributed by atoms with Gasteiger partial charge in [-0.25, -0.2) is 0 Å². The van der Waals surface area contributed by atoms with Crippen molar-refractivity contribution in [1.29, 1.82) is 0 Å². The van der Waals surface area contributed by atoms with E-state index in [1.54, 1.807) is 7.05 Å². The van der Waals surface area contributed by atoms with Crippen molar-refractivity contribution in [1.82, 2.24) is 20.4 Å². The van der Waals surface area contributed by atoms with E-state index < -0.39 is 0 Å². The molecule has 0 radical (unpaired) electrons. The maximum atomic E-state index is 11.3. The van der Waals surface area contributed by atoms with Crippen LogP contribution >= 0.6 is 0 Å². The number of likely N-dealkylation sites (N-methyl/N-ethyl adjacent to an activating group) is 1. The molecule has 1 amide bonds. The van der Waals surface area contributed by atoms with Gasteiger partial charge in [0.05, 0.1) is 17.8 Å². The summed E-state index contributed by atoms with van der Waals surface area (Å²) in [5.41, 5.74) is 0.998. The second-order valence-corrected chi connectivity index (χ2v) is 4.94. The van der Waals surface area contributed by atoms with Gasteiger partial charge in [-0.05, 0) is 25.8 Å². The first-order valence-electron chi connectivity index (χ1n) is 6.69. The molecule has 0 bridgehead atoms. The van der Waals surface area contributed by atoms with Crippen LogP contribution in [0.15, 0.2) is 12.3 Å². The Hall–Kier alpha value is -1.36. The predicted molar refractivity (Wildman–Crippen MR) is 70.1 cm³/mol. The van der Waals surface area contributed by atoms with Gasteiger partial charge < -0.3 is 10.6 Å². The van der Waals surface area contributed by atoms with Crippen LogP contribution in [0.25, 0.3) is 0 Å². The van der Waals surface area contributed by atoms with Gasteiger partial charge >= 0.3 is 0 Å². The molecule has 5 nitrogen and oxygen atoms in total. The second-order valence-electron chi connectivity index (χ2n) is 4.94. The highest BCUT2D eigenvalue weighted by Crippen LogP contribution is 2.28. The lowest BCUT2D eigenvalue weighted by Crippen LogP contribution is -2.40. The molecule has 1 unspecified atom stereocenters.